The number of hydrogen-bond acceptors (Lipinski definition) is 5. The summed E-state index contributed by atoms with van der Waals surface area (Å²) >= 11 is 1.63. The van der Waals surface area contributed by atoms with Gasteiger partial charge in [0.05, 0.1) is 16.7 Å². The summed E-state index contributed by atoms with van der Waals surface area (Å²) in [5.41, 5.74) is 8.88. The highest BCUT2D eigenvalue weighted by atomic mass is 32.1. The predicted molar refractivity (Wildman–Crippen MR) is 158 cm³/mol. The minimum atomic E-state index is 0.614. The van der Waals surface area contributed by atoms with E-state index in [1.54, 1.807) is 11.3 Å². The molecule has 0 saturated heterocycles. The average Bonchev–Trinajstić information content (AvgIpc) is 3.75. The molecule has 8 aromatic rings. The van der Waals surface area contributed by atoms with Crippen LogP contribution in [0.25, 0.3) is 71.9 Å². The molecule has 0 aliphatic heterocycles. The lowest BCUT2D eigenvalue weighted by Gasteiger charge is -2.13. The Hall–Kier alpha value is -5.07. The number of rotatable bonds is 4. The quantitative estimate of drug-likeness (QED) is 0.233. The highest BCUT2D eigenvalue weighted by molar-refractivity contribution is 7.13. The molecule has 0 aliphatic carbocycles. The molecule has 0 radical (unpaired) electrons. The average molecular weight is 521 g/mol. The fraction of sp³-hybridized carbons (Fsp3) is 0. The van der Waals surface area contributed by atoms with Gasteiger partial charge in [0.2, 0.25) is 5.89 Å². The minimum Gasteiger partial charge on any atom is -0.436 e. The number of hydrogen-bond donors (Lipinski definition) is 0. The van der Waals surface area contributed by atoms with E-state index < -0.39 is 0 Å². The molecule has 4 aromatic carbocycles. The molecule has 0 unspecified atom stereocenters. The summed E-state index contributed by atoms with van der Waals surface area (Å²) in [6, 6.07) is 35.4. The number of benzene rings is 4. The van der Waals surface area contributed by atoms with Crippen LogP contribution in [0.4, 0.5) is 0 Å². The molecule has 0 N–H and O–H groups in total. The van der Waals surface area contributed by atoms with E-state index in [-0.39, 0.29) is 0 Å². The van der Waals surface area contributed by atoms with Crippen molar-refractivity contribution in [2.45, 2.75) is 0 Å². The maximum Gasteiger partial charge on any atom is 0.227 e. The van der Waals surface area contributed by atoms with Crippen LogP contribution in [0, 0.1) is 0 Å². The Morgan fingerprint density at radius 2 is 1.54 bits per heavy atom. The second-order valence-electron chi connectivity index (χ2n) is 9.35. The first kappa shape index (κ1) is 22.0. The molecule has 4 heterocycles. The second-order valence-corrected chi connectivity index (χ2v) is 10.2. The standard InChI is InChI=1S/C33H20N4OS/c1-3-10-29-23(7-1)24-14-12-21(32-36-28-9-2-4-11-31(28)38-32)19-30(24)37(29)22-13-15-25(33-35-17-18-39-33)26(20-22)27-8-5-6-16-34-27/h1-20H. The molecule has 0 bridgehead atoms. The third-order valence-electron chi connectivity index (χ3n) is 7.08. The number of pyridine rings is 1. The Kier molecular flexibility index (Phi) is 4.93. The molecule has 5 nitrogen and oxygen atoms in total. The molecule has 0 fully saturated rings. The highest BCUT2D eigenvalue weighted by Crippen LogP contribution is 2.38. The summed E-state index contributed by atoms with van der Waals surface area (Å²) in [5, 5.41) is 5.35. The molecule has 184 valence electrons. The predicted octanol–water partition coefficient (Wildman–Crippen LogP) is 8.78. The van der Waals surface area contributed by atoms with Gasteiger partial charge in [-0.1, -0.05) is 42.5 Å². The van der Waals surface area contributed by atoms with Gasteiger partial charge in [0, 0.05) is 50.9 Å². The number of thiazole rings is 1. The van der Waals surface area contributed by atoms with Gasteiger partial charge in [0.15, 0.2) is 5.58 Å². The number of fused-ring (bicyclic) bond motifs is 4. The molecule has 39 heavy (non-hydrogen) atoms. The van der Waals surface area contributed by atoms with Gasteiger partial charge < -0.3 is 8.98 Å². The molecule has 8 rings (SSSR count). The van der Waals surface area contributed by atoms with Crippen LogP contribution >= 0.6 is 11.3 Å². The summed E-state index contributed by atoms with van der Waals surface area (Å²) in [6.07, 6.45) is 3.68. The van der Waals surface area contributed by atoms with Crippen LogP contribution in [-0.4, -0.2) is 19.5 Å². The van der Waals surface area contributed by atoms with Crippen LogP contribution in [0.5, 0.6) is 0 Å². The van der Waals surface area contributed by atoms with E-state index in [9.17, 15) is 0 Å². The van der Waals surface area contributed by atoms with Crippen LogP contribution in [-0.2, 0) is 0 Å². The van der Waals surface area contributed by atoms with Crippen molar-refractivity contribution in [1.82, 2.24) is 19.5 Å². The summed E-state index contributed by atoms with van der Waals surface area (Å²) < 4.78 is 8.44. The molecular formula is C33H20N4OS. The number of para-hydroxylation sites is 3. The van der Waals surface area contributed by atoms with Crippen molar-refractivity contribution in [3.63, 3.8) is 0 Å². The third kappa shape index (κ3) is 3.57. The van der Waals surface area contributed by atoms with Gasteiger partial charge >= 0.3 is 0 Å². The van der Waals surface area contributed by atoms with Gasteiger partial charge in [-0.3, -0.25) is 4.98 Å². The topological polar surface area (TPSA) is 56.7 Å². The molecule has 0 spiro atoms. The summed E-state index contributed by atoms with van der Waals surface area (Å²) in [4.78, 5) is 14.0. The number of oxazole rings is 1. The Labute approximate surface area is 227 Å². The van der Waals surface area contributed by atoms with Crippen LogP contribution < -0.4 is 0 Å². The van der Waals surface area contributed by atoms with Crippen molar-refractivity contribution in [3.05, 3.63) is 121 Å². The summed E-state index contributed by atoms with van der Waals surface area (Å²) in [6.45, 7) is 0. The smallest absolute Gasteiger partial charge is 0.227 e. The Morgan fingerprint density at radius 3 is 2.41 bits per heavy atom. The summed E-state index contributed by atoms with van der Waals surface area (Å²) in [7, 11) is 0. The van der Waals surface area contributed by atoms with Crippen molar-refractivity contribution in [1.29, 1.82) is 0 Å². The fourth-order valence-corrected chi connectivity index (χ4v) is 6.00. The second kappa shape index (κ2) is 8.75. The van der Waals surface area contributed by atoms with E-state index in [2.05, 4.69) is 75.2 Å². The largest absolute Gasteiger partial charge is 0.436 e. The van der Waals surface area contributed by atoms with E-state index >= 15 is 0 Å². The van der Waals surface area contributed by atoms with Crippen molar-refractivity contribution in [2.24, 2.45) is 0 Å². The maximum absolute atomic E-state index is 6.12. The minimum absolute atomic E-state index is 0.614. The lowest BCUT2D eigenvalue weighted by Crippen LogP contribution is -1.97. The monoisotopic (exact) mass is 520 g/mol. The summed E-state index contributed by atoms with van der Waals surface area (Å²) in [5.74, 6) is 0.614. The van der Waals surface area contributed by atoms with Gasteiger partial charge in [-0.05, 0) is 60.7 Å². The first-order valence-electron chi connectivity index (χ1n) is 12.7. The van der Waals surface area contributed by atoms with E-state index in [1.807, 2.05) is 60.2 Å². The van der Waals surface area contributed by atoms with Crippen molar-refractivity contribution in [3.8, 4) is 39.0 Å². The van der Waals surface area contributed by atoms with Crippen LogP contribution in [0.15, 0.2) is 125 Å². The van der Waals surface area contributed by atoms with Gasteiger partial charge in [-0.25, -0.2) is 9.97 Å². The third-order valence-corrected chi connectivity index (χ3v) is 7.89. The molecule has 4 aromatic heterocycles. The fourth-order valence-electron chi connectivity index (χ4n) is 5.33. The number of aromatic nitrogens is 4. The number of nitrogens with zero attached hydrogens (tertiary/aromatic N) is 4. The van der Waals surface area contributed by atoms with Crippen LogP contribution in [0.3, 0.4) is 0 Å². The van der Waals surface area contributed by atoms with Gasteiger partial charge in [-0.2, -0.15) is 0 Å². The van der Waals surface area contributed by atoms with Crippen molar-refractivity contribution < 1.29 is 4.42 Å². The Morgan fingerprint density at radius 1 is 0.667 bits per heavy atom. The first-order chi connectivity index (χ1) is 19.3. The lowest BCUT2D eigenvalue weighted by molar-refractivity contribution is 0.620. The zero-order valence-corrected chi connectivity index (χ0v) is 21.5. The van der Waals surface area contributed by atoms with Crippen molar-refractivity contribution >= 4 is 44.2 Å². The van der Waals surface area contributed by atoms with E-state index in [0.717, 1.165) is 55.2 Å². The molecule has 0 saturated carbocycles. The lowest BCUT2D eigenvalue weighted by atomic mass is 10.0. The van der Waals surface area contributed by atoms with Gasteiger partial charge in [0.1, 0.15) is 10.5 Å². The molecule has 6 heteroatoms. The maximum atomic E-state index is 6.12. The zero-order chi connectivity index (χ0) is 25.8. The SMILES string of the molecule is c1ccc(-c2cc(-n3c4ccccc4c4ccc(-c5nc6ccccc6o5)cc43)ccc2-c2nccs2)nc1. The highest BCUT2D eigenvalue weighted by Gasteiger charge is 2.18. The molecule has 0 atom stereocenters. The molecular weight excluding hydrogens is 500 g/mol. The zero-order valence-electron chi connectivity index (χ0n) is 20.7. The first-order valence-corrected chi connectivity index (χ1v) is 13.6. The Balaban J connectivity index is 1.39. The van der Waals surface area contributed by atoms with Crippen LogP contribution in [0.2, 0.25) is 0 Å². The van der Waals surface area contributed by atoms with Gasteiger partial charge in [0.25, 0.3) is 0 Å². The molecule has 0 amide bonds. The van der Waals surface area contributed by atoms with Gasteiger partial charge in [-0.15, -0.1) is 11.3 Å². The molecule has 0 aliphatic rings. The normalized spacial score (nSPS) is 11.6. The van der Waals surface area contributed by atoms with E-state index in [0.29, 0.717) is 5.89 Å². The van der Waals surface area contributed by atoms with Crippen LogP contribution in [0.1, 0.15) is 0 Å². The Bertz CT molecular complexity index is 2090. The van der Waals surface area contributed by atoms with E-state index in [4.69, 9.17) is 9.40 Å². The van der Waals surface area contributed by atoms with E-state index in [1.165, 1.54) is 10.8 Å². The van der Waals surface area contributed by atoms with Crippen molar-refractivity contribution in [2.75, 3.05) is 0 Å².